The highest BCUT2D eigenvalue weighted by molar-refractivity contribution is 9.10. The van der Waals surface area contributed by atoms with E-state index in [9.17, 15) is 9.59 Å². The average molecular weight is 681 g/mol. The highest BCUT2D eigenvalue weighted by atomic mass is 79.9. The number of nitrogens with zero attached hydrogens (tertiary/aromatic N) is 3. The molecule has 0 spiro atoms. The van der Waals surface area contributed by atoms with Crippen molar-refractivity contribution in [1.29, 1.82) is 0 Å². The van der Waals surface area contributed by atoms with Gasteiger partial charge in [0.1, 0.15) is 6.04 Å². The van der Waals surface area contributed by atoms with E-state index in [1.165, 1.54) is 28.2 Å². The molecule has 3 aromatic heterocycles. The van der Waals surface area contributed by atoms with Gasteiger partial charge in [-0.1, -0.05) is 94.0 Å². The monoisotopic (exact) mass is 679 g/mol. The van der Waals surface area contributed by atoms with E-state index in [0.29, 0.717) is 27.1 Å². The molecule has 0 saturated heterocycles. The molecule has 9 heteroatoms. The van der Waals surface area contributed by atoms with E-state index in [2.05, 4.69) is 51.0 Å². The molecule has 0 radical (unpaired) electrons. The van der Waals surface area contributed by atoms with Crippen LogP contribution in [0.1, 0.15) is 34.5 Å². The van der Waals surface area contributed by atoms with E-state index in [1.807, 2.05) is 78.2 Å². The number of rotatable bonds is 7. The van der Waals surface area contributed by atoms with E-state index in [4.69, 9.17) is 9.73 Å². The van der Waals surface area contributed by atoms with E-state index in [0.717, 1.165) is 31.4 Å². The summed E-state index contributed by atoms with van der Waals surface area (Å²) < 4.78 is 11.0. The third kappa shape index (κ3) is 5.21. The van der Waals surface area contributed by atoms with Gasteiger partial charge in [0.25, 0.3) is 5.56 Å². The first kappa shape index (κ1) is 28.5. The van der Waals surface area contributed by atoms with Crippen molar-refractivity contribution in [3.05, 3.63) is 154 Å². The standard InChI is InChI=1S/C35H26BrN3O3S2/c1-2-42-34(41)30-31(23-9-4-3-5-10-23)37-35-39(32(30)28-13-8-18-43-28)33(40)29(44-35)19-24-21-38(27-12-7-6-11-26(24)27)20-22-14-16-25(36)17-15-22/h3-19,21,32H,2,20H2,1H3/b29-19+/t32-/m1/s1. The first-order valence-electron chi connectivity index (χ1n) is 14.2. The lowest BCUT2D eigenvalue weighted by Gasteiger charge is -2.24. The number of aromatic nitrogens is 2. The largest absolute Gasteiger partial charge is 0.463 e. The summed E-state index contributed by atoms with van der Waals surface area (Å²) >= 11 is 6.36. The molecule has 4 heterocycles. The lowest BCUT2D eigenvalue weighted by Crippen LogP contribution is -2.39. The van der Waals surface area contributed by atoms with Gasteiger partial charge in [0.2, 0.25) is 0 Å². The average Bonchev–Trinajstić information content (AvgIpc) is 3.77. The van der Waals surface area contributed by atoms with Crippen LogP contribution in [-0.4, -0.2) is 21.7 Å². The van der Waals surface area contributed by atoms with E-state index >= 15 is 0 Å². The van der Waals surface area contributed by atoms with Crippen LogP contribution < -0.4 is 14.9 Å². The third-order valence-corrected chi connectivity index (χ3v) is 9.99. The molecule has 44 heavy (non-hydrogen) atoms. The van der Waals surface area contributed by atoms with Crippen molar-refractivity contribution < 1.29 is 9.53 Å². The quantitative estimate of drug-likeness (QED) is 0.175. The van der Waals surface area contributed by atoms with Gasteiger partial charge in [-0.05, 0) is 48.2 Å². The molecule has 6 aromatic rings. The van der Waals surface area contributed by atoms with Crippen molar-refractivity contribution in [2.45, 2.75) is 19.5 Å². The Balaban J connectivity index is 1.43. The van der Waals surface area contributed by atoms with Crippen LogP contribution in [0.15, 0.2) is 122 Å². The van der Waals surface area contributed by atoms with Gasteiger partial charge >= 0.3 is 5.97 Å². The van der Waals surface area contributed by atoms with Gasteiger partial charge in [0, 0.05) is 44.1 Å². The zero-order valence-electron chi connectivity index (χ0n) is 23.6. The van der Waals surface area contributed by atoms with E-state index in [1.54, 1.807) is 11.5 Å². The molecule has 0 unspecified atom stereocenters. The number of hydrogen-bond donors (Lipinski definition) is 0. The number of benzene rings is 3. The minimum atomic E-state index is -0.651. The second-order valence-corrected chi connectivity index (χ2v) is 13.2. The fraction of sp³-hybridized carbons (Fsp3) is 0.114. The van der Waals surface area contributed by atoms with Gasteiger partial charge in [-0.25, -0.2) is 9.79 Å². The predicted molar refractivity (Wildman–Crippen MR) is 181 cm³/mol. The number of halogens is 1. The summed E-state index contributed by atoms with van der Waals surface area (Å²) in [6.45, 7) is 2.70. The van der Waals surface area contributed by atoms with Crippen molar-refractivity contribution in [2.75, 3.05) is 6.61 Å². The highest BCUT2D eigenvalue weighted by Crippen LogP contribution is 2.37. The Bertz CT molecular complexity index is 2210. The number of ether oxygens (including phenoxy) is 1. The number of carbonyl (C=O) groups is 1. The minimum Gasteiger partial charge on any atom is -0.463 e. The lowest BCUT2D eigenvalue weighted by molar-refractivity contribution is -0.138. The molecular weight excluding hydrogens is 654 g/mol. The molecular formula is C35H26BrN3O3S2. The van der Waals surface area contributed by atoms with Crippen molar-refractivity contribution in [1.82, 2.24) is 9.13 Å². The Morgan fingerprint density at radius 1 is 1.00 bits per heavy atom. The molecule has 0 aliphatic carbocycles. The van der Waals surface area contributed by atoms with Crippen LogP contribution in [0.3, 0.4) is 0 Å². The Labute approximate surface area is 269 Å². The second-order valence-electron chi connectivity index (χ2n) is 10.3. The molecule has 1 aliphatic rings. The molecule has 6 nitrogen and oxygen atoms in total. The zero-order valence-corrected chi connectivity index (χ0v) is 26.9. The summed E-state index contributed by atoms with van der Waals surface area (Å²) in [7, 11) is 0. The molecule has 218 valence electrons. The van der Waals surface area contributed by atoms with Gasteiger partial charge in [0.15, 0.2) is 4.80 Å². The summed E-state index contributed by atoms with van der Waals surface area (Å²) in [6, 6.07) is 29.4. The van der Waals surface area contributed by atoms with Crippen LogP contribution in [0.25, 0.3) is 22.7 Å². The van der Waals surface area contributed by atoms with Gasteiger partial charge in [-0.3, -0.25) is 9.36 Å². The molecule has 0 N–H and O–H groups in total. The fourth-order valence-corrected chi connectivity index (χ4v) is 7.68. The summed E-state index contributed by atoms with van der Waals surface area (Å²) in [6.07, 6.45) is 4.05. The van der Waals surface area contributed by atoms with E-state index < -0.39 is 12.0 Å². The molecule has 0 bridgehead atoms. The first-order chi connectivity index (χ1) is 21.5. The maximum Gasteiger partial charge on any atom is 0.338 e. The smallest absolute Gasteiger partial charge is 0.338 e. The Hall–Kier alpha value is -4.31. The number of hydrogen-bond acceptors (Lipinski definition) is 6. The van der Waals surface area contributed by atoms with E-state index in [-0.39, 0.29) is 12.2 Å². The summed E-state index contributed by atoms with van der Waals surface area (Å²) in [5.74, 6) is -0.473. The number of carbonyl (C=O) groups excluding carboxylic acids is 1. The minimum absolute atomic E-state index is 0.189. The topological polar surface area (TPSA) is 65.6 Å². The molecule has 1 atom stereocenters. The van der Waals surface area contributed by atoms with Crippen LogP contribution >= 0.6 is 38.6 Å². The Kier molecular flexibility index (Phi) is 7.76. The SMILES string of the molecule is CCOC(=O)C1=C(c2ccccc2)N=c2s/c(=C/c3cn(Cc4ccc(Br)cc4)c4ccccc34)c(=O)n2[C@@H]1c1cccs1. The van der Waals surface area contributed by atoms with Gasteiger partial charge in [-0.2, -0.15) is 0 Å². The number of thiazole rings is 1. The van der Waals surface area contributed by atoms with Crippen molar-refractivity contribution in [2.24, 2.45) is 4.99 Å². The van der Waals surface area contributed by atoms with Crippen molar-refractivity contribution >= 4 is 67.2 Å². The second kappa shape index (κ2) is 12.0. The summed E-state index contributed by atoms with van der Waals surface area (Å²) in [5.41, 5.74) is 4.71. The maximum atomic E-state index is 14.3. The molecule has 3 aromatic carbocycles. The number of esters is 1. The molecule has 0 fully saturated rings. The first-order valence-corrected chi connectivity index (χ1v) is 16.6. The number of fused-ring (bicyclic) bond motifs is 2. The summed E-state index contributed by atoms with van der Waals surface area (Å²) in [5, 5.41) is 3.01. The van der Waals surface area contributed by atoms with Crippen LogP contribution in [0.5, 0.6) is 0 Å². The Morgan fingerprint density at radius 3 is 2.52 bits per heavy atom. The van der Waals surface area contributed by atoms with Crippen LogP contribution in [0.4, 0.5) is 0 Å². The predicted octanol–water partition coefficient (Wildman–Crippen LogP) is 6.76. The third-order valence-electron chi connectivity index (χ3n) is 7.56. The van der Waals surface area contributed by atoms with Crippen LogP contribution in [0.2, 0.25) is 0 Å². The Morgan fingerprint density at radius 2 is 1.77 bits per heavy atom. The van der Waals surface area contributed by atoms with Crippen LogP contribution in [0, 0.1) is 0 Å². The van der Waals surface area contributed by atoms with Gasteiger partial charge in [0.05, 0.1) is 22.4 Å². The molecule has 7 rings (SSSR count). The normalized spacial score (nSPS) is 15.0. The lowest BCUT2D eigenvalue weighted by atomic mass is 9.97. The highest BCUT2D eigenvalue weighted by Gasteiger charge is 2.35. The van der Waals surface area contributed by atoms with Crippen molar-refractivity contribution in [3.8, 4) is 0 Å². The zero-order chi connectivity index (χ0) is 30.2. The van der Waals surface area contributed by atoms with Gasteiger partial charge in [-0.15, -0.1) is 11.3 Å². The van der Waals surface area contributed by atoms with Crippen molar-refractivity contribution in [3.63, 3.8) is 0 Å². The molecule has 1 aliphatic heterocycles. The molecule has 0 amide bonds. The number of para-hydroxylation sites is 1. The summed E-state index contributed by atoms with van der Waals surface area (Å²) in [4.78, 5) is 34.2. The fourth-order valence-electron chi connectivity index (χ4n) is 5.61. The van der Waals surface area contributed by atoms with Crippen LogP contribution in [-0.2, 0) is 16.1 Å². The number of thiophene rings is 1. The van der Waals surface area contributed by atoms with Gasteiger partial charge < -0.3 is 9.30 Å². The molecule has 0 saturated carbocycles. The maximum absolute atomic E-state index is 14.3.